The van der Waals surface area contributed by atoms with Crippen LogP contribution in [-0.4, -0.2) is 173 Å². The van der Waals surface area contributed by atoms with Crippen LogP contribution in [0.1, 0.15) is 164 Å². The number of benzene rings is 7. The Morgan fingerprint density at radius 1 is 0.403 bits per heavy atom. The first-order chi connectivity index (χ1) is 60.0. The van der Waals surface area contributed by atoms with Crippen LogP contribution in [0.5, 0.6) is 17.2 Å². The Balaban J connectivity index is 0.000000135. The number of rotatable bonds is 28. The fourth-order valence-electron chi connectivity index (χ4n) is 17.7. The molecule has 6 aromatic heterocycles. The largest absolute Gasteiger partial charge is 0.490 e. The summed E-state index contributed by atoms with van der Waals surface area (Å²) >= 11 is 32.7. The maximum atomic E-state index is 12.3. The lowest BCUT2D eigenvalue weighted by molar-refractivity contribution is 0.0991. The van der Waals surface area contributed by atoms with E-state index in [2.05, 4.69) is 124 Å². The number of piperidine rings is 4. The van der Waals surface area contributed by atoms with Crippen molar-refractivity contribution in [2.24, 2.45) is 0 Å². The third-order valence-corrected chi connectivity index (χ3v) is 27.3. The molecule has 4 aliphatic rings. The molecule has 124 heavy (non-hydrogen) atoms. The van der Waals surface area contributed by atoms with E-state index in [1.165, 1.54) is 0 Å². The number of para-hydroxylation sites is 4. The summed E-state index contributed by atoms with van der Waals surface area (Å²) in [7, 11) is 0. The topological polar surface area (TPSA) is 180 Å². The van der Waals surface area contributed by atoms with E-state index >= 15 is 0 Å². The highest BCUT2D eigenvalue weighted by atomic mass is 79.9. The van der Waals surface area contributed by atoms with Gasteiger partial charge in [0.2, 0.25) is 11.7 Å². The van der Waals surface area contributed by atoms with Gasteiger partial charge in [-0.05, 0) is 312 Å². The van der Waals surface area contributed by atoms with Crippen molar-refractivity contribution in [3.8, 4) is 28.6 Å². The molecule has 0 radical (unpaired) electrons. The smallest absolute Gasteiger partial charge is 0.230 e. The predicted octanol–water partition coefficient (Wildman–Crippen LogP) is 24.2. The minimum Gasteiger partial charge on any atom is -0.490 e. The van der Waals surface area contributed by atoms with Crippen LogP contribution in [0.4, 0.5) is 0 Å². The summed E-state index contributed by atoms with van der Waals surface area (Å²) in [4.78, 5) is 67.1. The fourth-order valence-corrected chi connectivity index (χ4v) is 20.6. The quantitative estimate of drug-likeness (QED) is 0.0422. The highest BCUT2D eigenvalue weighted by Gasteiger charge is 2.29. The number of Topliss-reactive ketones (excluding diaryl/α,β-unsaturated/α-hetero) is 4. The van der Waals surface area contributed by atoms with Crippen LogP contribution in [0.25, 0.3) is 55.0 Å². The van der Waals surface area contributed by atoms with E-state index in [4.69, 9.17) is 53.5 Å². The van der Waals surface area contributed by atoms with Gasteiger partial charge < -0.3 is 56.6 Å². The van der Waals surface area contributed by atoms with Gasteiger partial charge in [0.25, 0.3) is 0 Å². The van der Waals surface area contributed by atoms with Gasteiger partial charge in [-0.15, -0.1) is 0 Å². The van der Waals surface area contributed by atoms with Crippen molar-refractivity contribution < 1.29 is 37.9 Å². The van der Waals surface area contributed by atoms with Gasteiger partial charge in [0, 0.05) is 190 Å². The fraction of sp³-hybridized carbons (Fsp3) is 0.378. The summed E-state index contributed by atoms with van der Waals surface area (Å²) in [5.74, 6) is 4.73. The van der Waals surface area contributed by atoms with Crippen LogP contribution < -0.4 is 14.2 Å². The number of carbonyl (C=O) groups excluding carboxylic acids is 4. The molecule has 0 bridgehead atoms. The van der Waals surface area contributed by atoms with Crippen LogP contribution >= 0.6 is 98.5 Å². The molecule has 19 nitrogen and oxygen atoms in total. The molecule has 0 saturated carbocycles. The van der Waals surface area contributed by atoms with Crippen molar-refractivity contribution >= 4 is 165 Å². The Morgan fingerprint density at radius 3 is 1.15 bits per heavy atom. The van der Waals surface area contributed by atoms with E-state index in [0.717, 1.165) is 305 Å². The van der Waals surface area contributed by atoms with Crippen molar-refractivity contribution in [1.82, 2.24) is 53.0 Å². The highest BCUT2D eigenvalue weighted by Crippen LogP contribution is 2.37. The van der Waals surface area contributed by atoms with E-state index in [0.29, 0.717) is 21.8 Å². The lowest BCUT2D eigenvalue weighted by Gasteiger charge is -2.32. The second kappa shape index (κ2) is 43.9. The van der Waals surface area contributed by atoms with Gasteiger partial charge in [-0.2, -0.15) is 4.98 Å². The summed E-state index contributed by atoms with van der Waals surface area (Å²) in [6.45, 7) is 24.7. The van der Waals surface area contributed by atoms with Crippen molar-refractivity contribution in [2.75, 3.05) is 78.5 Å². The maximum Gasteiger partial charge on any atom is 0.230 e. The molecule has 0 unspecified atom stereocenters. The molecular formula is C98H106Br4Cl3N11O8. The molecule has 0 amide bonds. The molecule has 13 aromatic rings. The van der Waals surface area contributed by atoms with E-state index in [9.17, 15) is 19.2 Å². The Labute approximate surface area is 774 Å². The van der Waals surface area contributed by atoms with Gasteiger partial charge >= 0.3 is 0 Å². The summed E-state index contributed by atoms with van der Waals surface area (Å²) in [5.41, 5.74) is 9.65. The molecule has 0 spiro atoms. The third kappa shape index (κ3) is 23.7. The average molecular weight is 1990 g/mol. The number of pyridine rings is 1. The summed E-state index contributed by atoms with van der Waals surface area (Å²) in [5, 5.41) is 10.4. The van der Waals surface area contributed by atoms with Crippen molar-refractivity contribution in [3.05, 3.63) is 256 Å². The number of fused-ring (bicyclic) bond motifs is 4. The predicted molar refractivity (Wildman–Crippen MR) is 512 cm³/mol. The molecule has 26 heteroatoms. The number of likely N-dealkylation sites (tertiary alicyclic amines) is 4. The highest BCUT2D eigenvalue weighted by molar-refractivity contribution is 9.11. The van der Waals surface area contributed by atoms with Crippen LogP contribution in [-0.2, 0) is 26.2 Å². The molecule has 7 aromatic carbocycles. The Bertz CT molecular complexity index is 5820. The number of hydrogen-bond donors (Lipinski definition) is 0. The monoisotopic (exact) mass is 1990 g/mol. The zero-order valence-corrected chi connectivity index (χ0v) is 79.4. The van der Waals surface area contributed by atoms with E-state index in [1.54, 1.807) is 40.1 Å². The second-order valence-corrected chi connectivity index (χ2v) is 37.4. The number of ketones is 4. The van der Waals surface area contributed by atoms with Gasteiger partial charge in [-0.3, -0.25) is 24.2 Å². The molecule has 17 rings (SSSR count). The van der Waals surface area contributed by atoms with Crippen LogP contribution in [0.2, 0.25) is 15.1 Å². The number of hydrogen-bond acceptors (Lipinski definition) is 15. The molecule has 650 valence electrons. The van der Waals surface area contributed by atoms with E-state index in [-0.39, 0.29) is 41.4 Å². The number of ether oxygens (including phenoxy) is 3. The average Bonchev–Trinajstić information content (AvgIpc) is 1.62. The van der Waals surface area contributed by atoms with Crippen molar-refractivity contribution in [2.45, 2.75) is 162 Å². The Morgan fingerprint density at radius 2 is 0.766 bits per heavy atom. The number of nitrogens with zero attached hydrogens (tertiary/aromatic N) is 11. The minimum atomic E-state index is 0.104. The normalized spacial score (nSPS) is 15.5. The number of aromatic nitrogens is 7. The van der Waals surface area contributed by atoms with Gasteiger partial charge in [0.15, 0.2) is 23.1 Å². The Kier molecular flexibility index (Phi) is 32.6. The molecular weight excluding hydrogens is 1890 g/mol. The molecule has 10 heterocycles. The number of carbonyl (C=O) groups is 4. The van der Waals surface area contributed by atoms with Gasteiger partial charge in [-0.25, -0.2) is 0 Å². The molecule has 4 fully saturated rings. The zero-order chi connectivity index (χ0) is 86.9. The van der Waals surface area contributed by atoms with Gasteiger partial charge in [-0.1, -0.05) is 101 Å². The summed E-state index contributed by atoms with van der Waals surface area (Å²) in [6.07, 6.45) is 22.6. The SMILES string of the molecule is CC(=O)c1c(C)n(CCCN2CCC(Oc3cccc(Cl)c3)CC2)c2c(Br)cccc12.CC(=O)c1cn(CCCN2CCC(Oc3ccc(Cl)cc3)CC2)c2c(Br)cccc12.CC(=O)c1cn(CCCN2CCC(Oc3cccc(Cl)c3)CC2)c2c(Br)cccc12.CC(=O)c1cn(CCCN2CCC(c3nc(-c4ccncc4)no3)CC2)c2c(Br)cccc12. The summed E-state index contributed by atoms with van der Waals surface area (Å²) < 4.78 is 36.9. The molecule has 4 aliphatic heterocycles. The van der Waals surface area contributed by atoms with E-state index in [1.807, 2.05) is 176 Å². The third-order valence-electron chi connectivity index (χ3n) is 24.0. The molecule has 0 atom stereocenters. The summed E-state index contributed by atoms with van der Waals surface area (Å²) in [6, 6.07) is 50.9. The standard InChI is InChI=1S/C25H28BrClN2O2.C25H26BrN5O2.2C24H26BrClN2O2/c1-17-24(18(2)30)22-8-4-9-23(26)25(22)29(17)13-5-12-28-14-10-20(11-15-28)31-21-7-3-6-19(27)16-21;1-17(32)21-16-31(23-20(21)4-2-5-22(23)26)13-3-12-30-14-8-19(9-15-30)25-28-24(29-33-25)18-6-10-27-11-7-18;1-17(29)22-16-28(24-21(22)7-3-8-23(24)25)12-4-11-27-13-9-19(10-14-27)30-20-6-2-5-18(26)15-20;1-17(29)22-16-28(24-21(22)4-2-5-23(24)25)13-3-12-27-14-10-20(11-15-27)30-19-8-6-18(26)7-9-19/h3-4,6-9,16,20H,5,10-15H2,1-2H3;2,4-7,10-11,16,19H,3,8-9,12-15H2,1H3;2-3,5-8,15-16,19H,4,9-14H2,1H3;2,4-9,16,20H,3,10-15H2,1H3. The first-order valence-corrected chi connectivity index (χ1v) is 47.4. The second-order valence-electron chi connectivity index (χ2n) is 32.7. The molecule has 0 aliphatic carbocycles. The molecule has 0 N–H and O–H groups in total. The lowest BCUT2D eigenvalue weighted by Crippen LogP contribution is -2.39. The van der Waals surface area contributed by atoms with Crippen LogP contribution in [0.15, 0.2) is 211 Å². The van der Waals surface area contributed by atoms with Crippen LogP contribution in [0, 0.1) is 6.92 Å². The number of aryl methyl sites for hydroxylation is 4. The van der Waals surface area contributed by atoms with Crippen molar-refractivity contribution in [1.29, 1.82) is 0 Å². The molecule has 4 saturated heterocycles. The van der Waals surface area contributed by atoms with Gasteiger partial charge in [0.05, 0.1) is 22.1 Å². The maximum absolute atomic E-state index is 12.3. The lowest BCUT2D eigenvalue weighted by atomic mass is 9.96. The zero-order valence-electron chi connectivity index (χ0n) is 70.8. The first kappa shape index (κ1) is 91.9. The van der Waals surface area contributed by atoms with Gasteiger partial charge in [0.1, 0.15) is 35.6 Å². The van der Waals surface area contributed by atoms with E-state index < -0.39 is 0 Å². The Hall–Kier alpha value is -8.30. The number of halogens is 7. The van der Waals surface area contributed by atoms with Crippen LogP contribution in [0.3, 0.4) is 0 Å². The van der Waals surface area contributed by atoms with Crippen molar-refractivity contribution in [3.63, 3.8) is 0 Å². The first-order valence-electron chi connectivity index (χ1n) is 43.1. The minimum absolute atomic E-state index is 0.104.